The van der Waals surface area contributed by atoms with Crippen molar-refractivity contribution < 1.29 is 4.79 Å². The number of rotatable bonds is 1. The molecule has 0 saturated carbocycles. The van der Waals surface area contributed by atoms with Gasteiger partial charge in [-0.15, -0.1) is 0 Å². The van der Waals surface area contributed by atoms with E-state index in [1.165, 1.54) is 0 Å². The molecule has 0 aliphatic carbocycles. The number of carbonyl (C=O) groups excluding carboxylic acids is 1. The molecule has 1 aliphatic heterocycles. The van der Waals surface area contributed by atoms with Gasteiger partial charge in [-0.05, 0) is 13.0 Å². The summed E-state index contributed by atoms with van der Waals surface area (Å²) >= 11 is 0. The number of nitrogens with zero attached hydrogens (tertiary/aromatic N) is 2. The first kappa shape index (κ1) is 7.28. The van der Waals surface area contributed by atoms with Crippen LogP contribution in [0.15, 0.2) is 18.3 Å². The second-order valence-electron chi connectivity index (χ2n) is 2.80. The van der Waals surface area contributed by atoms with E-state index in [4.69, 9.17) is 0 Å². The number of aromatic nitrogens is 1. The zero-order valence-electron chi connectivity index (χ0n) is 6.95. The summed E-state index contributed by atoms with van der Waals surface area (Å²) in [6.45, 7) is 2.67. The molecule has 0 radical (unpaired) electrons. The summed E-state index contributed by atoms with van der Waals surface area (Å²) in [7, 11) is 0. The van der Waals surface area contributed by atoms with E-state index in [0.29, 0.717) is 13.0 Å². The van der Waals surface area contributed by atoms with Crippen LogP contribution >= 0.6 is 0 Å². The van der Waals surface area contributed by atoms with Gasteiger partial charge in [0.1, 0.15) is 5.82 Å². The maximum atomic E-state index is 11.3. The van der Waals surface area contributed by atoms with Gasteiger partial charge in [-0.1, -0.05) is 6.07 Å². The fourth-order valence-electron chi connectivity index (χ4n) is 1.51. The first-order chi connectivity index (χ1) is 5.83. The second kappa shape index (κ2) is 2.59. The van der Waals surface area contributed by atoms with Crippen molar-refractivity contribution in [2.45, 2.75) is 13.3 Å². The van der Waals surface area contributed by atoms with Gasteiger partial charge in [-0.2, -0.15) is 0 Å². The minimum Gasteiger partial charge on any atom is -0.297 e. The molecule has 1 aromatic heterocycles. The number of pyridine rings is 1. The highest BCUT2D eigenvalue weighted by atomic mass is 16.2. The molecule has 2 rings (SSSR count). The van der Waals surface area contributed by atoms with Crippen molar-refractivity contribution >= 4 is 11.7 Å². The van der Waals surface area contributed by atoms with Crippen LogP contribution in [-0.4, -0.2) is 17.4 Å². The normalized spacial score (nSPS) is 15.1. The summed E-state index contributed by atoms with van der Waals surface area (Å²) in [6.07, 6.45) is 2.23. The molecule has 0 bridgehead atoms. The molecule has 0 spiro atoms. The van der Waals surface area contributed by atoms with Gasteiger partial charge in [0.05, 0.1) is 6.42 Å². The van der Waals surface area contributed by atoms with Gasteiger partial charge in [0.2, 0.25) is 5.91 Å². The van der Waals surface area contributed by atoms with Crippen LogP contribution in [0.25, 0.3) is 0 Å². The summed E-state index contributed by atoms with van der Waals surface area (Å²) in [4.78, 5) is 17.2. The highest BCUT2D eigenvalue weighted by Gasteiger charge is 2.26. The number of hydrogen-bond acceptors (Lipinski definition) is 2. The molecule has 0 fully saturated rings. The molecular formula is C9H10N2O. The van der Waals surface area contributed by atoms with Crippen LogP contribution in [-0.2, 0) is 11.2 Å². The van der Waals surface area contributed by atoms with Gasteiger partial charge < -0.3 is 0 Å². The minimum absolute atomic E-state index is 0.159. The third-order valence-corrected chi connectivity index (χ3v) is 2.08. The summed E-state index contributed by atoms with van der Waals surface area (Å²) < 4.78 is 0. The van der Waals surface area contributed by atoms with E-state index < -0.39 is 0 Å². The Morgan fingerprint density at radius 2 is 2.50 bits per heavy atom. The molecule has 3 heteroatoms. The van der Waals surface area contributed by atoms with Crippen LogP contribution in [0, 0.1) is 0 Å². The lowest BCUT2D eigenvalue weighted by molar-refractivity contribution is -0.117. The molecule has 0 N–H and O–H groups in total. The summed E-state index contributed by atoms with van der Waals surface area (Å²) in [5.74, 6) is 0.996. The topological polar surface area (TPSA) is 33.2 Å². The highest BCUT2D eigenvalue weighted by molar-refractivity contribution is 5.99. The first-order valence-corrected chi connectivity index (χ1v) is 4.07. The van der Waals surface area contributed by atoms with Crippen molar-refractivity contribution in [3.63, 3.8) is 0 Å². The molecule has 2 heterocycles. The zero-order chi connectivity index (χ0) is 8.55. The Hall–Kier alpha value is -1.38. The van der Waals surface area contributed by atoms with E-state index in [1.54, 1.807) is 11.1 Å². The van der Waals surface area contributed by atoms with Crippen LogP contribution in [0.3, 0.4) is 0 Å². The van der Waals surface area contributed by atoms with E-state index in [-0.39, 0.29) is 5.91 Å². The Labute approximate surface area is 71.0 Å². The Morgan fingerprint density at radius 3 is 3.25 bits per heavy atom. The molecule has 0 aromatic carbocycles. The van der Waals surface area contributed by atoms with E-state index in [1.807, 2.05) is 19.1 Å². The smallest absolute Gasteiger partial charge is 0.232 e. The standard InChI is InChI=1S/C9H10N2O/c1-2-11-8(12)6-7-4-3-5-10-9(7)11/h3-5H,2,6H2,1H3. The largest absolute Gasteiger partial charge is 0.297 e. The van der Waals surface area contributed by atoms with E-state index in [0.717, 1.165) is 11.4 Å². The number of anilines is 1. The van der Waals surface area contributed by atoms with Crippen molar-refractivity contribution in [3.05, 3.63) is 23.9 Å². The molecule has 62 valence electrons. The zero-order valence-corrected chi connectivity index (χ0v) is 6.95. The van der Waals surface area contributed by atoms with Crippen LogP contribution < -0.4 is 4.90 Å². The first-order valence-electron chi connectivity index (χ1n) is 4.07. The third kappa shape index (κ3) is 0.897. The van der Waals surface area contributed by atoms with Crippen LogP contribution in [0.4, 0.5) is 5.82 Å². The van der Waals surface area contributed by atoms with E-state index in [2.05, 4.69) is 4.98 Å². The minimum atomic E-state index is 0.159. The Balaban J connectivity index is 2.47. The van der Waals surface area contributed by atoms with Crippen LogP contribution in [0.5, 0.6) is 0 Å². The van der Waals surface area contributed by atoms with Crippen molar-refractivity contribution in [3.8, 4) is 0 Å². The molecule has 12 heavy (non-hydrogen) atoms. The maximum absolute atomic E-state index is 11.3. The lowest BCUT2D eigenvalue weighted by Crippen LogP contribution is -2.26. The van der Waals surface area contributed by atoms with Crippen molar-refractivity contribution in [2.75, 3.05) is 11.4 Å². The van der Waals surface area contributed by atoms with Crippen LogP contribution in [0.2, 0.25) is 0 Å². The second-order valence-corrected chi connectivity index (χ2v) is 2.80. The average molecular weight is 162 g/mol. The Morgan fingerprint density at radius 1 is 1.67 bits per heavy atom. The number of amides is 1. The van der Waals surface area contributed by atoms with Crippen molar-refractivity contribution in [2.24, 2.45) is 0 Å². The molecule has 0 atom stereocenters. The van der Waals surface area contributed by atoms with Gasteiger partial charge in [-0.25, -0.2) is 4.98 Å². The molecule has 1 aromatic rings. The number of carbonyl (C=O) groups is 1. The molecular weight excluding hydrogens is 152 g/mol. The fraction of sp³-hybridized carbons (Fsp3) is 0.333. The fourth-order valence-corrected chi connectivity index (χ4v) is 1.51. The monoisotopic (exact) mass is 162 g/mol. The number of likely N-dealkylation sites (N-methyl/N-ethyl adjacent to an activating group) is 1. The van der Waals surface area contributed by atoms with Crippen LogP contribution in [0.1, 0.15) is 12.5 Å². The third-order valence-electron chi connectivity index (χ3n) is 2.08. The van der Waals surface area contributed by atoms with Gasteiger partial charge in [-0.3, -0.25) is 9.69 Å². The molecule has 3 nitrogen and oxygen atoms in total. The Kier molecular flexibility index (Phi) is 1.57. The predicted octanol–water partition coefficient (Wildman–Crippen LogP) is 0.991. The number of fused-ring (bicyclic) bond motifs is 1. The lowest BCUT2D eigenvalue weighted by atomic mass is 10.2. The predicted molar refractivity (Wildman–Crippen MR) is 46.0 cm³/mol. The summed E-state index contributed by atoms with van der Waals surface area (Å²) in [5.41, 5.74) is 1.05. The number of hydrogen-bond donors (Lipinski definition) is 0. The van der Waals surface area contributed by atoms with Gasteiger partial charge in [0.25, 0.3) is 0 Å². The SMILES string of the molecule is CCN1C(=O)Cc2cccnc21. The average Bonchev–Trinajstić information content (AvgIpc) is 2.40. The van der Waals surface area contributed by atoms with E-state index in [9.17, 15) is 4.79 Å². The molecule has 0 saturated heterocycles. The molecule has 1 amide bonds. The van der Waals surface area contributed by atoms with Gasteiger partial charge in [0, 0.05) is 18.3 Å². The highest BCUT2D eigenvalue weighted by Crippen LogP contribution is 2.24. The molecule has 1 aliphatic rings. The van der Waals surface area contributed by atoms with Crippen molar-refractivity contribution in [1.82, 2.24) is 4.98 Å². The van der Waals surface area contributed by atoms with Gasteiger partial charge in [0.15, 0.2) is 0 Å². The Bertz CT molecular complexity index is 322. The lowest BCUT2D eigenvalue weighted by Gasteiger charge is -2.12. The quantitative estimate of drug-likeness (QED) is 0.617. The van der Waals surface area contributed by atoms with Gasteiger partial charge >= 0.3 is 0 Å². The summed E-state index contributed by atoms with van der Waals surface area (Å²) in [5, 5.41) is 0. The summed E-state index contributed by atoms with van der Waals surface area (Å²) in [6, 6.07) is 3.82. The maximum Gasteiger partial charge on any atom is 0.232 e. The van der Waals surface area contributed by atoms with Crippen molar-refractivity contribution in [1.29, 1.82) is 0 Å². The molecule has 0 unspecified atom stereocenters. The van der Waals surface area contributed by atoms with E-state index >= 15 is 0 Å².